The number of aliphatic hydroxyl groups excluding tert-OH is 1. The molecular formula is C40H44N4O6Si. The fourth-order valence-electron chi connectivity index (χ4n) is 6.62. The fraction of sp³-hybridized carbons (Fsp3) is 0.350. The van der Waals surface area contributed by atoms with Crippen molar-refractivity contribution in [1.82, 2.24) is 14.5 Å². The lowest BCUT2D eigenvalue weighted by Crippen LogP contribution is -2.33. The van der Waals surface area contributed by atoms with Crippen LogP contribution in [0.3, 0.4) is 0 Å². The number of pyridine rings is 2. The molecule has 1 amide bonds. The van der Waals surface area contributed by atoms with Crippen molar-refractivity contribution in [2.45, 2.75) is 64.7 Å². The van der Waals surface area contributed by atoms with Crippen molar-refractivity contribution < 1.29 is 28.9 Å². The molecule has 2 aromatic carbocycles. The molecule has 264 valence electrons. The highest BCUT2D eigenvalue weighted by atomic mass is 28.3. The number of rotatable bonds is 12. The van der Waals surface area contributed by atoms with Gasteiger partial charge in [0.05, 0.1) is 48.0 Å². The maximum atomic E-state index is 14.1. The second-order valence-corrected chi connectivity index (χ2v) is 20.0. The zero-order chi connectivity index (χ0) is 35.7. The Balaban J connectivity index is 1.29. The SMILES string of the molecule is CCOC(=O)c1ccc(-c2cc3c(-c4cccc(N5CCOc6cc(C7CC7)ccc6C5=O)c4CO)ccnc3n2COCC[Si](C)(C)C)nc1. The lowest BCUT2D eigenvalue weighted by Gasteiger charge is -2.24. The quantitative estimate of drug-likeness (QED) is 0.0800. The fourth-order valence-corrected chi connectivity index (χ4v) is 7.37. The molecule has 0 unspecified atom stereocenters. The minimum Gasteiger partial charge on any atom is -0.491 e. The molecular weight excluding hydrogens is 661 g/mol. The summed E-state index contributed by atoms with van der Waals surface area (Å²) in [4.78, 5) is 37.6. The van der Waals surface area contributed by atoms with Gasteiger partial charge >= 0.3 is 5.97 Å². The summed E-state index contributed by atoms with van der Waals surface area (Å²) in [6, 6.07) is 20.2. The molecule has 0 bridgehead atoms. The Bertz CT molecular complexity index is 2080. The molecule has 51 heavy (non-hydrogen) atoms. The number of carbonyl (C=O) groups is 2. The van der Waals surface area contributed by atoms with E-state index in [1.54, 1.807) is 30.2 Å². The first kappa shape index (κ1) is 34.6. The molecule has 3 aromatic heterocycles. The third-order valence-electron chi connectivity index (χ3n) is 9.54. The van der Waals surface area contributed by atoms with Gasteiger partial charge in [-0.05, 0) is 90.9 Å². The maximum Gasteiger partial charge on any atom is 0.339 e. The van der Waals surface area contributed by atoms with E-state index < -0.39 is 14.0 Å². The summed E-state index contributed by atoms with van der Waals surface area (Å²) >= 11 is 0. The van der Waals surface area contributed by atoms with Crippen molar-refractivity contribution in [2.75, 3.05) is 31.3 Å². The third-order valence-corrected chi connectivity index (χ3v) is 11.2. The molecule has 0 spiro atoms. The average molecular weight is 705 g/mol. The second kappa shape index (κ2) is 14.4. The lowest BCUT2D eigenvalue weighted by atomic mass is 9.96. The van der Waals surface area contributed by atoms with Crippen molar-refractivity contribution in [3.05, 3.63) is 95.3 Å². The first-order chi connectivity index (χ1) is 24.7. The largest absolute Gasteiger partial charge is 0.491 e. The van der Waals surface area contributed by atoms with Crippen molar-refractivity contribution >= 4 is 36.7 Å². The highest BCUT2D eigenvalue weighted by Gasteiger charge is 2.30. The van der Waals surface area contributed by atoms with E-state index in [9.17, 15) is 14.7 Å². The molecule has 11 heteroatoms. The first-order valence-corrected chi connectivity index (χ1v) is 21.4. The summed E-state index contributed by atoms with van der Waals surface area (Å²) in [5.74, 6) is 0.593. The van der Waals surface area contributed by atoms with Crippen LogP contribution in [0.5, 0.6) is 5.75 Å². The molecule has 1 aliphatic heterocycles. The van der Waals surface area contributed by atoms with Crippen LogP contribution in [0.4, 0.5) is 5.69 Å². The number of aromatic nitrogens is 3. The van der Waals surface area contributed by atoms with Gasteiger partial charge in [0.2, 0.25) is 0 Å². The summed E-state index contributed by atoms with van der Waals surface area (Å²) in [5.41, 5.74) is 7.14. The van der Waals surface area contributed by atoms with E-state index in [0.717, 1.165) is 28.3 Å². The van der Waals surface area contributed by atoms with Crippen LogP contribution >= 0.6 is 0 Å². The molecule has 10 nitrogen and oxygen atoms in total. The molecule has 1 saturated carbocycles. The predicted molar refractivity (Wildman–Crippen MR) is 200 cm³/mol. The normalized spacial score (nSPS) is 14.7. The van der Waals surface area contributed by atoms with E-state index in [-0.39, 0.29) is 25.9 Å². The molecule has 0 atom stereocenters. The first-order valence-electron chi connectivity index (χ1n) is 17.7. The number of hydrogen-bond acceptors (Lipinski definition) is 8. The molecule has 4 heterocycles. The van der Waals surface area contributed by atoms with Crippen molar-refractivity contribution in [1.29, 1.82) is 0 Å². The van der Waals surface area contributed by atoms with Crippen LogP contribution in [0.1, 0.15) is 57.5 Å². The monoisotopic (exact) mass is 704 g/mol. The van der Waals surface area contributed by atoms with Crippen molar-refractivity contribution in [3.8, 4) is 28.3 Å². The Morgan fingerprint density at radius 3 is 2.59 bits per heavy atom. The number of fused-ring (bicyclic) bond motifs is 2. The van der Waals surface area contributed by atoms with Gasteiger partial charge in [0.1, 0.15) is 24.7 Å². The summed E-state index contributed by atoms with van der Waals surface area (Å²) in [7, 11) is -1.32. The number of benzene rings is 2. The second-order valence-electron chi connectivity index (χ2n) is 14.4. The maximum absolute atomic E-state index is 14.1. The van der Waals surface area contributed by atoms with Crippen molar-refractivity contribution in [3.63, 3.8) is 0 Å². The van der Waals surface area contributed by atoms with Crippen LogP contribution in [0, 0.1) is 0 Å². The Morgan fingerprint density at radius 1 is 1.02 bits per heavy atom. The number of anilines is 1. The molecule has 1 N–H and O–H groups in total. The van der Waals surface area contributed by atoms with Crippen LogP contribution in [-0.4, -0.2) is 66.0 Å². The van der Waals surface area contributed by atoms with Crippen molar-refractivity contribution in [2.24, 2.45) is 0 Å². The number of amides is 1. The van der Waals surface area contributed by atoms with Crippen LogP contribution in [0.15, 0.2) is 73.1 Å². The van der Waals surface area contributed by atoms with E-state index in [1.165, 1.54) is 24.6 Å². The van der Waals surface area contributed by atoms with E-state index >= 15 is 0 Å². The minimum atomic E-state index is -1.32. The van der Waals surface area contributed by atoms with Gasteiger partial charge in [-0.1, -0.05) is 37.8 Å². The number of hydrogen-bond donors (Lipinski definition) is 1. The summed E-state index contributed by atoms with van der Waals surface area (Å²) in [6.45, 7) is 10.3. The van der Waals surface area contributed by atoms with Crippen LogP contribution in [0.25, 0.3) is 33.5 Å². The Hall–Kier alpha value is -4.84. The van der Waals surface area contributed by atoms with Gasteiger partial charge < -0.3 is 24.2 Å². The van der Waals surface area contributed by atoms with E-state index in [1.807, 2.05) is 53.1 Å². The average Bonchev–Trinajstić information content (AvgIpc) is 3.93. The van der Waals surface area contributed by atoms with Gasteiger partial charge in [0.15, 0.2) is 0 Å². The molecule has 1 aliphatic carbocycles. The topological polar surface area (TPSA) is 116 Å². The number of carbonyl (C=O) groups excluding carboxylic acids is 2. The zero-order valence-electron chi connectivity index (χ0n) is 29.6. The molecule has 7 rings (SSSR count). The highest BCUT2D eigenvalue weighted by molar-refractivity contribution is 6.76. The predicted octanol–water partition coefficient (Wildman–Crippen LogP) is 7.66. The van der Waals surface area contributed by atoms with Gasteiger partial charge in [0.25, 0.3) is 5.91 Å². The number of ether oxygens (including phenoxy) is 3. The minimum absolute atomic E-state index is 0.155. The van der Waals surface area contributed by atoms with Gasteiger partial charge in [-0.2, -0.15) is 0 Å². The molecule has 2 aliphatic rings. The number of nitrogens with zero attached hydrogens (tertiary/aromatic N) is 4. The molecule has 0 radical (unpaired) electrons. The van der Waals surface area contributed by atoms with Crippen LogP contribution < -0.4 is 9.64 Å². The smallest absolute Gasteiger partial charge is 0.339 e. The van der Waals surface area contributed by atoms with Gasteiger partial charge in [-0.15, -0.1) is 0 Å². The van der Waals surface area contributed by atoms with Gasteiger partial charge in [-0.25, -0.2) is 9.78 Å². The Morgan fingerprint density at radius 2 is 1.86 bits per heavy atom. The third kappa shape index (κ3) is 7.19. The lowest BCUT2D eigenvalue weighted by molar-refractivity contribution is 0.0525. The van der Waals surface area contributed by atoms with Crippen LogP contribution in [0.2, 0.25) is 25.7 Å². The van der Waals surface area contributed by atoms with Gasteiger partial charge in [-0.3, -0.25) is 14.3 Å². The van der Waals surface area contributed by atoms with Crippen LogP contribution in [-0.2, 0) is 22.8 Å². The summed E-state index contributed by atoms with van der Waals surface area (Å²) < 4.78 is 19.5. The molecule has 5 aromatic rings. The highest BCUT2D eigenvalue weighted by Crippen LogP contribution is 2.43. The Labute approximate surface area is 299 Å². The molecule has 0 saturated heterocycles. The van der Waals surface area contributed by atoms with E-state index in [4.69, 9.17) is 19.2 Å². The number of aliphatic hydroxyl groups is 1. The van der Waals surface area contributed by atoms with E-state index in [2.05, 4.69) is 24.6 Å². The molecule has 1 fully saturated rings. The van der Waals surface area contributed by atoms with E-state index in [0.29, 0.717) is 65.1 Å². The number of esters is 1. The summed E-state index contributed by atoms with van der Waals surface area (Å²) in [6.07, 6.45) is 5.62. The Kier molecular flexibility index (Phi) is 9.78. The van der Waals surface area contributed by atoms with Gasteiger partial charge in [0, 0.05) is 38.0 Å². The zero-order valence-corrected chi connectivity index (χ0v) is 30.6. The standard InChI is InChI=1S/C40H44N4O6Si/c1-5-49-40(47)28-12-14-34(42-23-28)36-22-32-30(15-16-41-38(32)44(36)25-48-19-20-51(2,3)4)29-7-6-8-35(33(29)24-45)43-17-18-50-37-21-27(26-9-10-26)11-13-31(37)39(43)46/h6-8,11-16,21-23,26,45H,5,9-10,17-20,24-25H2,1-4H3. The summed E-state index contributed by atoms with van der Waals surface area (Å²) in [5, 5.41) is 11.8.